The minimum atomic E-state index is -3.47. The second-order valence-electron chi connectivity index (χ2n) is 6.42. The van der Waals surface area contributed by atoms with Crippen molar-refractivity contribution in [1.29, 1.82) is 0 Å². The number of carbonyl (C=O) groups is 1. The van der Waals surface area contributed by atoms with Gasteiger partial charge in [-0.3, -0.25) is 4.79 Å². The molecule has 8 heteroatoms. The van der Waals surface area contributed by atoms with Crippen molar-refractivity contribution in [3.05, 3.63) is 54.1 Å². The van der Waals surface area contributed by atoms with Crippen LogP contribution in [0.5, 0.6) is 11.5 Å². The molecule has 0 radical (unpaired) electrons. The topological polar surface area (TPSA) is 84.9 Å². The fourth-order valence-electron chi connectivity index (χ4n) is 2.96. The molecule has 7 nitrogen and oxygen atoms in total. The Bertz CT molecular complexity index is 889. The first-order chi connectivity index (χ1) is 13.5. The zero-order valence-corrected chi connectivity index (χ0v) is 16.6. The predicted molar refractivity (Wildman–Crippen MR) is 105 cm³/mol. The summed E-state index contributed by atoms with van der Waals surface area (Å²) in [7, 11) is -1.87. The summed E-state index contributed by atoms with van der Waals surface area (Å²) in [5.74, 6) is 1.16. The van der Waals surface area contributed by atoms with Crippen LogP contribution in [0.25, 0.3) is 0 Å². The summed E-state index contributed by atoms with van der Waals surface area (Å²) in [6.45, 7) is 1.76. The van der Waals surface area contributed by atoms with Crippen LogP contribution in [0, 0.1) is 0 Å². The van der Waals surface area contributed by atoms with Crippen molar-refractivity contribution in [2.75, 3.05) is 33.4 Å². The zero-order chi connectivity index (χ0) is 20.0. The van der Waals surface area contributed by atoms with Gasteiger partial charge in [0.2, 0.25) is 10.0 Å². The average Bonchev–Trinajstić information content (AvgIpc) is 3.27. The maximum Gasteiger partial charge on any atom is 0.251 e. The number of hydrogen-bond donors (Lipinski definition) is 1. The summed E-state index contributed by atoms with van der Waals surface area (Å²) in [5, 5.41) is 2.76. The minimum absolute atomic E-state index is 0.216. The first-order valence-electron chi connectivity index (χ1n) is 9.16. The summed E-state index contributed by atoms with van der Waals surface area (Å²) >= 11 is 0. The van der Waals surface area contributed by atoms with E-state index in [4.69, 9.17) is 9.47 Å². The third-order valence-electron chi connectivity index (χ3n) is 4.54. The highest BCUT2D eigenvalue weighted by atomic mass is 32.2. The molecule has 150 valence electrons. The normalized spacial score (nSPS) is 14.6. The smallest absolute Gasteiger partial charge is 0.251 e. The lowest BCUT2D eigenvalue weighted by molar-refractivity contribution is 0.0947. The van der Waals surface area contributed by atoms with Gasteiger partial charge in [-0.2, -0.15) is 4.31 Å². The van der Waals surface area contributed by atoms with Crippen LogP contribution in [0.4, 0.5) is 0 Å². The second-order valence-corrected chi connectivity index (χ2v) is 8.35. The maximum atomic E-state index is 12.5. The Morgan fingerprint density at radius 2 is 1.61 bits per heavy atom. The second kappa shape index (κ2) is 9.07. The molecule has 1 fully saturated rings. The van der Waals surface area contributed by atoms with E-state index < -0.39 is 10.0 Å². The lowest BCUT2D eigenvalue weighted by atomic mass is 10.2. The molecule has 0 aromatic heterocycles. The Labute approximate surface area is 165 Å². The lowest BCUT2D eigenvalue weighted by Gasteiger charge is -2.15. The summed E-state index contributed by atoms with van der Waals surface area (Å²) in [5.41, 5.74) is 0.407. The molecule has 0 spiro atoms. The van der Waals surface area contributed by atoms with Gasteiger partial charge in [0, 0.05) is 18.7 Å². The van der Waals surface area contributed by atoms with E-state index in [1.807, 2.05) is 0 Å². The number of nitrogens with zero attached hydrogens (tertiary/aromatic N) is 1. The summed E-state index contributed by atoms with van der Waals surface area (Å²) < 4.78 is 37.1. The quantitative estimate of drug-likeness (QED) is 0.683. The van der Waals surface area contributed by atoms with Gasteiger partial charge < -0.3 is 14.8 Å². The summed E-state index contributed by atoms with van der Waals surface area (Å²) in [4.78, 5) is 12.4. The van der Waals surface area contributed by atoms with Gasteiger partial charge in [0.1, 0.15) is 18.1 Å². The van der Waals surface area contributed by atoms with Gasteiger partial charge in [-0.05, 0) is 61.4 Å². The Morgan fingerprint density at radius 3 is 2.21 bits per heavy atom. The van der Waals surface area contributed by atoms with Crippen LogP contribution < -0.4 is 14.8 Å². The molecule has 2 aromatic rings. The molecule has 0 unspecified atom stereocenters. The standard InChI is InChI=1S/C20H24N2O5S/c1-26-17-6-8-18(9-7-17)27-15-12-21-20(23)16-4-10-19(11-5-16)28(24,25)22-13-2-3-14-22/h4-11H,2-3,12-15H2,1H3,(H,21,23). The predicted octanol–water partition coefficient (Wildman–Crippen LogP) is 2.29. The fourth-order valence-corrected chi connectivity index (χ4v) is 4.48. The number of sulfonamides is 1. The Hall–Kier alpha value is -2.58. The molecular weight excluding hydrogens is 380 g/mol. The molecule has 0 bridgehead atoms. The molecule has 0 saturated carbocycles. The van der Waals surface area contributed by atoms with E-state index in [-0.39, 0.29) is 10.8 Å². The number of amides is 1. The first kappa shape index (κ1) is 20.2. The number of ether oxygens (including phenoxy) is 2. The van der Waals surface area contributed by atoms with E-state index in [0.717, 1.165) is 18.6 Å². The van der Waals surface area contributed by atoms with Gasteiger partial charge >= 0.3 is 0 Å². The van der Waals surface area contributed by atoms with Crippen molar-refractivity contribution in [3.63, 3.8) is 0 Å². The van der Waals surface area contributed by atoms with E-state index in [0.29, 0.717) is 37.6 Å². The van der Waals surface area contributed by atoms with E-state index >= 15 is 0 Å². The van der Waals surface area contributed by atoms with E-state index in [1.54, 1.807) is 31.4 Å². The van der Waals surface area contributed by atoms with Crippen LogP contribution >= 0.6 is 0 Å². The molecule has 28 heavy (non-hydrogen) atoms. The number of methoxy groups -OCH3 is 1. The van der Waals surface area contributed by atoms with Gasteiger partial charge in [0.05, 0.1) is 18.6 Å². The van der Waals surface area contributed by atoms with E-state index in [2.05, 4.69) is 5.32 Å². The van der Waals surface area contributed by atoms with Crippen molar-refractivity contribution in [3.8, 4) is 11.5 Å². The maximum absolute atomic E-state index is 12.5. The van der Waals surface area contributed by atoms with Crippen LogP contribution in [0.3, 0.4) is 0 Å². The highest BCUT2D eigenvalue weighted by molar-refractivity contribution is 7.89. The van der Waals surface area contributed by atoms with Crippen LogP contribution in [-0.4, -0.2) is 52.0 Å². The zero-order valence-electron chi connectivity index (χ0n) is 15.8. The van der Waals surface area contributed by atoms with Crippen molar-refractivity contribution in [2.24, 2.45) is 0 Å². The summed E-state index contributed by atoms with van der Waals surface area (Å²) in [6, 6.07) is 13.2. The molecule has 1 saturated heterocycles. The molecule has 0 aliphatic carbocycles. The number of benzene rings is 2. The van der Waals surface area contributed by atoms with Crippen LogP contribution in [0.2, 0.25) is 0 Å². The van der Waals surface area contributed by atoms with Crippen LogP contribution in [0.15, 0.2) is 53.4 Å². The first-order valence-corrected chi connectivity index (χ1v) is 10.6. The largest absolute Gasteiger partial charge is 0.497 e. The molecule has 1 amide bonds. The van der Waals surface area contributed by atoms with Gasteiger partial charge in [0.15, 0.2) is 0 Å². The van der Waals surface area contributed by atoms with Crippen molar-refractivity contribution in [1.82, 2.24) is 9.62 Å². The average molecular weight is 404 g/mol. The van der Waals surface area contributed by atoms with Crippen LogP contribution in [-0.2, 0) is 10.0 Å². The fraction of sp³-hybridized carbons (Fsp3) is 0.350. The highest BCUT2D eigenvalue weighted by Gasteiger charge is 2.27. The number of nitrogens with one attached hydrogen (secondary N) is 1. The van der Waals surface area contributed by atoms with E-state index in [1.165, 1.54) is 28.6 Å². The molecule has 1 aliphatic rings. The number of carbonyl (C=O) groups excluding carboxylic acids is 1. The molecule has 0 atom stereocenters. The third kappa shape index (κ3) is 4.82. The molecule has 1 N–H and O–H groups in total. The molecule has 1 aliphatic heterocycles. The Morgan fingerprint density at radius 1 is 1.00 bits per heavy atom. The van der Waals surface area contributed by atoms with Gasteiger partial charge in [-0.15, -0.1) is 0 Å². The highest BCUT2D eigenvalue weighted by Crippen LogP contribution is 2.21. The number of rotatable bonds is 8. The lowest BCUT2D eigenvalue weighted by Crippen LogP contribution is -2.29. The Kier molecular flexibility index (Phi) is 6.53. The third-order valence-corrected chi connectivity index (χ3v) is 6.45. The minimum Gasteiger partial charge on any atom is -0.497 e. The van der Waals surface area contributed by atoms with Crippen molar-refractivity contribution >= 4 is 15.9 Å². The molecule has 2 aromatic carbocycles. The Balaban J connectivity index is 1.49. The SMILES string of the molecule is COc1ccc(OCCNC(=O)c2ccc(S(=O)(=O)N3CCCC3)cc2)cc1. The molecular formula is C20H24N2O5S. The van der Waals surface area contributed by atoms with Gasteiger partial charge in [0.25, 0.3) is 5.91 Å². The van der Waals surface area contributed by atoms with Gasteiger partial charge in [-0.1, -0.05) is 0 Å². The molecule has 1 heterocycles. The van der Waals surface area contributed by atoms with Crippen LogP contribution in [0.1, 0.15) is 23.2 Å². The van der Waals surface area contributed by atoms with Crippen molar-refractivity contribution < 1.29 is 22.7 Å². The van der Waals surface area contributed by atoms with Crippen molar-refractivity contribution in [2.45, 2.75) is 17.7 Å². The van der Waals surface area contributed by atoms with Gasteiger partial charge in [-0.25, -0.2) is 8.42 Å². The number of hydrogen-bond acceptors (Lipinski definition) is 5. The monoisotopic (exact) mass is 404 g/mol. The van der Waals surface area contributed by atoms with E-state index in [9.17, 15) is 13.2 Å². The summed E-state index contributed by atoms with van der Waals surface area (Å²) in [6.07, 6.45) is 1.77. The molecule has 3 rings (SSSR count).